The Labute approximate surface area is 203 Å². The lowest BCUT2D eigenvalue weighted by Gasteiger charge is -2.33. The number of nitrogens with zero attached hydrogens (tertiary/aromatic N) is 5. The van der Waals surface area contributed by atoms with E-state index in [0.717, 1.165) is 25.9 Å². The Morgan fingerprint density at radius 2 is 1.94 bits per heavy atom. The highest BCUT2D eigenvalue weighted by Crippen LogP contribution is 2.26. The van der Waals surface area contributed by atoms with Gasteiger partial charge < -0.3 is 14.2 Å². The molecule has 1 fully saturated rings. The molecule has 6 rings (SSSR count). The largest absolute Gasteiger partial charge is 0.383 e. The van der Waals surface area contributed by atoms with Gasteiger partial charge in [-0.25, -0.2) is 4.98 Å². The topological polar surface area (TPSA) is 72.1 Å². The Bertz CT molecular complexity index is 1470. The monoisotopic (exact) mass is 471 g/mol. The summed E-state index contributed by atoms with van der Waals surface area (Å²) >= 11 is 0. The van der Waals surface area contributed by atoms with Gasteiger partial charge >= 0.3 is 0 Å². The molecule has 8 heteroatoms. The third-order valence-electron chi connectivity index (χ3n) is 7.44. The molecule has 0 bridgehead atoms. The summed E-state index contributed by atoms with van der Waals surface area (Å²) in [4.78, 5) is 36.1. The third kappa shape index (κ3) is 3.83. The van der Waals surface area contributed by atoms with E-state index < -0.39 is 0 Å². The van der Waals surface area contributed by atoms with Gasteiger partial charge in [0.15, 0.2) is 0 Å². The first-order valence-electron chi connectivity index (χ1n) is 12.2. The van der Waals surface area contributed by atoms with Crippen molar-refractivity contribution in [2.45, 2.75) is 32.0 Å². The average Bonchev–Trinajstić information content (AvgIpc) is 3.53. The van der Waals surface area contributed by atoms with Crippen LogP contribution < -0.4 is 5.56 Å². The summed E-state index contributed by atoms with van der Waals surface area (Å²) < 4.78 is 8.68. The van der Waals surface area contributed by atoms with E-state index in [1.165, 1.54) is 15.5 Å². The van der Waals surface area contributed by atoms with Crippen molar-refractivity contribution in [3.05, 3.63) is 81.9 Å². The molecule has 0 radical (unpaired) electrons. The fourth-order valence-corrected chi connectivity index (χ4v) is 5.55. The lowest BCUT2D eigenvalue weighted by molar-refractivity contribution is 0.0760. The van der Waals surface area contributed by atoms with Crippen molar-refractivity contribution in [3.8, 4) is 0 Å². The standard InChI is InChI=1S/C27H29N5O3/c1-35-15-14-31-23(16-22-25(31)28-24-8-4-5-11-32(24)26(22)33)27(34)30-13-10-21(18-30)29-12-9-19-6-2-3-7-20(19)17-29/h2-8,11,16,21H,9-10,12-15,17-18H2,1H3. The summed E-state index contributed by atoms with van der Waals surface area (Å²) in [6.07, 6.45) is 3.71. The second-order valence-corrected chi connectivity index (χ2v) is 9.44. The summed E-state index contributed by atoms with van der Waals surface area (Å²) in [6.45, 7) is 4.24. The van der Waals surface area contributed by atoms with E-state index in [4.69, 9.17) is 9.72 Å². The van der Waals surface area contributed by atoms with Crippen LogP contribution in [-0.4, -0.2) is 69.1 Å². The van der Waals surface area contributed by atoms with Crippen molar-refractivity contribution < 1.29 is 9.53 Å². The smallest absolute Gasteiger partial charge is 0.270 e. The molecule has 0 N–H and O–H groups in total. The summed E-state index contributed by atoms with van der Waals surface area (Å²) in [5.74, 6) is -0.0486. The van der Waals surface area contributed by atoms with Gasteiger partial charge in [-0.2, -0.15) is 0 Å². The number of carbonyl (C=O) groups is 1. The Morgan fingerprint density at radius 1 is 1.11 bits per heavy atom. The molecule has 1 aromatic carbocycles. The maximum absolute atomic E-state index is 13.7. The van der Waals surface area contributed by atoms with E-state index >= 15 is 0 Å². The van der Waals surface area contributed by atoms with E-state index in [0.29, 0.717) is 54.7 Å². The van der Waals surface area contributed by atoms with Crippen molar-refractivity contribution in [2.24, 2.45) is 0 Å². The lowest BCUT2D eigenvalue weighted by Crippen LogP contribution is -2.41. The van der Waals surface area contributed by atoms with E-state index in [9.17, 15) is 9.59 Å². The number of likely N-dealkylation sites (tertiary alicyclic amines) is 1. The van der Waals surface area contributed by atoms with Crippen LogP contribution >= 0.6 is 0 Å². The quantitative estimate of drug-likeness (QED) is 0.447. The minimum atomic E-state index is -0.165. The molecule has 2 aliphatic rings. The molecule has 3 aromatic heterocycles. The van der Waals surface area contributed by atoms with Crippen molar-refractivity contribution in [3.63, 3.8) is 0 Å². The molecule has 1 saturated heterocycles. The first-order chi connectivity index (χ1) is 17.1. The maximum atomic E-state index is 13.7. The number of carbonyl (C=O) groups excluding carboxylic acids is 1. The first kappa shape index (κ1) is 22.0. The Kier molecular flexibility index (Phi) is 5.62. The number of aromatic nitrogens is 3. The predicted octanol–water partition coefficient (Wildman–Crippen LogP) is 2.57. The highest BCUT2D eigenvalue weighted by Gasteiger charge is 2.34. The van der Waals surface area contributed by atoms with Gasteiger partial charge in [-0.15, -0.1) is 0 Å². The van der Waals surface area contributed by atoms with Crippen molar-refractivity contribution in [2.75, 3.05) is 33.4 Å². The lowest BCUT2D eigenvalue weighted by atomic mass is 9.98. The predicted molar refractivity (Wildman–Crippen MR) is 134 cm³/mol. The average molecular weight is 472 g/mol. The number of methoxy groups -OCH3 is 1. The number of benzene rings is 1. The van der Waals surface area contributed by atoms with Crippen molar-refractivity contribution >= 4 is 22.6 Å². The fraction of sp³-hybridized carbons (Fsp3) is 0.370. The molecule has 5 heterocycles. The minimum Gasteiger partial charge on any atom is -0.383 e. The molecule has 0 saturated carbocycles. The second-order valence-electron chi connectivity index (χ2n) is 9.44. The Morgan fingerprint density at radius 3 is 2.80 bits per heavy atom. The van der Waals surface area contributed by atoms with Crippen LogP contribution in [0.4, 0.5) is 0 Å². The number of pyridine rings is 1. The normalized spacial score (nSPS) is 18.4. The molecular formula is C27H29N5O3. The van der Waals surface area contributed by atoms with Crippen LogP contribution in [0.1, 0.15) is 28.0 Å². The van der Waals surface area contributed by atoms with Crippen LogP contribution in [0.25, 0.3) is 16.7 Å². The van der Waals surface area contributed by atoms with Gasteiger partial charge in [0.05, 0.1) is 12.0 Å². The maximum Gasteiger partial charge on any atom is 0.270 e. The highest BCUT2D eigenvalue weighted by atomic mass is 16.5. The molecule has 0 aliphatic carbocycles. The van der Waals surface area contributed by atoms with Crippen LogP contribution in [0.3, 0.4) is 0 Å². The van der Waals surface area contributed by atoms with Gasteiger partial charge in [-0.1, -0.05) is 30.3 Å². The van der Waals surface area contributed by atoms with Gasteiger partial charge in [0.1, 0.15) is 17.0 Å². The van der Waals surface area contributed by atoms with Gasteiger partial charge in [-0.3, -0.25) is 18.9 Å². The van der Waals surface area contributed by atoms with Gasteiger partial charge in [0, 0.05) is 52.1 Å². The van der Waals surface area contributed by atoms with E-state index in [1.54, 1.807) is 31.5 Å². The summed E-state index contributed by atoms with van der Waals surface area (Å²) in [5, 5.41) is 0.455. The van der Waals surface area contributed by atoms with E-state index in [2.05, 4.69) is 29.2 Å². The number of amides is 1. The summed E-state index contributed by atoms with van der Waals surface area (Å²) in [5.41, 5.74) is 4.26. The zero-order valence-electron chi connectivity index (χ0n) is 19.9. The zero-order chi connectivity index (χ0) is 23.9. The molecule has 8 nitrogen and oxygen atoms in total. The molecule has 0 spiro atoms. The van der Waals surface area contributed by atoms with E-state index in [1.807, 2.05) is 15.5 Å². The third-order valence-corrected chi connectivity index (χ3v) is 7.44. The Hall–Kier alpha value is -3.49. The number of rotatable bonds is 5. The SMILES string of the molecule is COCCn1c(C(=O)N2CCC(N3CCc4ccccc4C3)C2)cc2c(=O)n3ccccc3nc21. The molecule has 1 amide bonds. The molecule has 1 unspecified atom stereocenters. The van der Waals surface area contributed by atoms with Gasteiger partial charge in [0.25, 0.3) is 11.5 Å². The van der Waals surface area contributed by atoms with Gasteiger partial charge in [-0.05, 0) is 42.2 Å². The highest BCUT2D eigenvalue weighted by molar-refractivity contribution is 5.98. The first-order valence-corrected chi connectivity index (χ1v) is 12.2. The zero-order valence-corrected chi connectivity index (χ0v) is 19.9. The van der Waals surface area contributed by atoms with Crippen molar-refractivity contribution in [1.29, 1.82) is 0 Å². The molecule has 35 heavy (non-hydrogen) atoms. The van der Waals surface area contributed by atoms with Crippen LogP contribution in [0, 0.1) is 0 Å². The molecule has 1 atom stereocenters. The molecule has 180 valence electrons. The Balaban J connectivity index is 1.30. The number of hydrogen-bond donors (Lipinski definition) is 0. The fourth-order valence-electron chi connectivity index (χ4n) is 5.55. The van der Waals surface area contributed by atoms with Crippen LogP contribution in [-0.2, 0) is 24.2 Å². The van der Waals surface area contributed by atoms with Crippen LogP contribution in [0.15, 0.2) is 59.5 Å². The number of fused-ring (bicyclic) bond motifs is 3. The summed E-state index contributed by atoms with van der Waals surface area (Å²) in [7, 11) is 1.63. The molecular weight excluding hydrogens is 442 g/mol. The van der Waals surface area contributed by atoms with Crippen LogP contribution in [0.2, 0.25) is 0 Å². The summed E-state index contributed by atoms with van der Waals surface area (Å²) in [6, 6.07) is 16.2. The minimum absolute atomic E-state index is 0.0486. The second kappa shape index (κ2) is 8.94. The molecule has 4 aromatic rings. The molecule has 2 aliphatic heterocycles. The van der Waals surface area contributed by atoms with E-state index in [-0.39, 0.29) is 11.5 Å². The van der Waals surface area contributed by atoms with Crippen LogP contribution in [0.5, 0.6) is 0 Å². The van der Waals surface area contributed by atoms with Gasteiger partial charge in [0.2, 0.25) is 0 Å². The van der Waals surface area contributed by atoms with Crippen molar-refractivity contribution in [1.82, 2.24) is 23.8 Å². The number of ether oxygens (including phenoxy) is 1. The number of hydrogen-bond acceptors (Lipinski definition) is 5.